The number of nitrogens with one attached hydrogen (secondary N) is 2. The summed E-state index contributed by atoms with van der Waals surface area (Å²) < 4.78 is 5.65. The van der Waals surface area contributed by atoms with E-state index in [4.69, 9.17) is 9.73 Å². The van der Waals surface area contributed by atoms with Gasteiger partial charge in [0, 0.05) is 18.2 Å². The summed E-state index contributed by atoms with van der Waals surface area (Å²) in [7, 11) is 0. The third-order valence-corrected chi connectivity index (χ3v) is 4.42. The van der Waals surface area contributed by atoms with Crippen LogP contribution in [0.3, 0.4) is 0 Å². The van der Waals surface area contributed by atoms with Crippen LogP contribution in [0, 0.1) is 0 Å². The van der Waals surface area contributed by atoms with E-state index in [0.29, 0.717) is 13.2 Å². The molecule has 0 aliphatic heterocycles. The molecule has 1 fully saturated rings. The van der Waals surface area contributed by atoms with Gasteiger partial charge in [-0.2, -0.15) is 0 Å². The second kappa shape index (κ2) is 8.51. The fraction of sp³-hybridized carbons (Fsp3) is 0.400. The maximum atomic E-state index is 5.65. The van der Waals surface area contributed by atoms with Crippen LogP contribution >= 0.6 is 0 Å². The minimum atomic E-state index is 0.232. The van der Waals surface area contributed by atoms with E-state index in [1.165, 1.54) is 18.4 Å². The first-order valence-electron chi connectivity index (χ1n) is 8.93. The van der Waals surface area contributed by atoms with Gasteiger partial charge >= 0.3 is 0 Å². The van der Waals surface area contributed by atoms with E-state index >= 15 is 0 Å². The zero-order chi connectivity index (χ0) is 17.4. The Hall–Kier alpha value is -2.56. The second-order valence-electron chi connectivity index (χ2n) is 6.31. The van der Waals surface area contributed by atoms with Crippen LogP contribution in [0.5, 0.6) is 5.75 Å². The Morgan fingerprint density at radius 3 is 2.68 bits per heavy atom. The number of pyridine rings is 1. The number of nitrogens with zero attached hydrogens (tertiary/aromatic N) is 2. The smallest absolute Gasteiger partial charge is 0.191 e. The molecule has 0 spiro atoms. The van der Waals surface area contributed by atoms with Gasteiger partial charge in [-0.05, 0) is 37.5 Å². The van der Waals surface area contributed by atoms with Gasteiger partial charge in [-0.15, -0.1) is 0 Å². The maximum absolute atomic E-state index is 5.65. The van der Waals surface area contributed by atoms with Crippen LogP contribution in [0.4, 0.5) is 0 Å². The molecule has 0 bridgehead atoms. The topological polar surface area (TPSA) is 58.5 Å². The molecule has 1 heterocycles. The van der Waals surface area contributed by atoms with Crippen molar-refractivity contribution in [3.8, 4) is 5.75 Å². The Morgan fingerprint density at radius 2 is 2.00 bits per heavy atom. The summed E-state index contributed by atoms with van der Waals surface area (Å²) in [4.78, 5) is 8.83. The van der Waals surface area contributed by atoms with Crippen molar-refractivity contribution in [3.63, 3.8) is 0 Å². The first kappa shape index (κ1) is 17.3. The molecule has 3 rings (SSSR count). The third-order valence-electron chi connectivity index (χ3n) is 4.42. The summed E-state index contributed by atoms with van der Waals surface area (Å²) in [6.45, 7) is 5.00. The molecule has 5 nitrogen and oxygen atoms in total. The first-order chi connectivity index (χ1) is 12.3. The van der Waals surface area contributed by atoms with Crippen LogP contribution in [-0.2, 0) is 5.41 Å². The van der Waals surface area contributed by atoms with Gasteiger partial charge in [0.2, 0.25) is 0 Å². The Labute approximate surface area is 149 Å². The van der Waals surface area contributed by atoms with Crippen molar-refractivity contribution in [1.82, 2.24) is 15.6 Å². The fourth-order valence-corrected chi connectivity index (χ4v) is 2.82. The van der Waals surface area contributed by atoms with Crippen molar-refractivity contribution in [2.24, 2.45) is 4.99 Å². The molecule has 132 valence electrons. The molecule has 1 aromatic heterocycles. The molecule has 1 saturated carbocycles. The van der Waals surface area contributed by atoms with E-state index in [2.05, 4.69) is 52.9 Å². The average molecular weight is 338 g/mol. The van der Waals surface area contributed by atoms with Gasteiger partial charge in [-0.1, -0.05) is 30.3 Å². The summed E-state index contributed by atoms with van der Waals surface area (Å²) in [6, 6.07) is 14.5. The van der Waals surface area contributed by atoms with E-state index in [1.807, 2.05) is 12.1 Å². The maximum Gasteiger partial charge on any atom is 0.191 e. The highest BCUT2D eigenvalue weighted by atomic mass is 16.5. The highest BCUT2D eigenvalue weighted by Gasteiger charge is 2.43. The SMILES string of the molecule is CCNC(=NCC1(c2ccccc2)CC1)NCCOc1cccnc1. The van der Waals surface area contributed by atoms with Crippen LogP contribution < -0.4 is 15.4 Å². The number of ether oxygens (including phenoxy) is 1. The first-order valence-corrected chi connectivity index (χ1v) is 8.93. The number of rotatable bonds is 8. The summed E-state index contributed by atoms with van der Waals surface area (Å²) in [6.07, 6.45) is 5.88. The normalized spacial score (nSPS) is 15.5. The number of guanidine groups is 1. The molecule has 0 unspecified atom stereocenters. The Kier molecular flexibility index (Phi) is 5.88. The number of hydrogen-bond donors (Lipinski definition) is 2. The third kappa shape index (κ3) is 4.95. The molecule has 2 aromatic rings. The lowest BCUT2D eigenvalue weighted by Gasteiger charge is -2.16. The van der Waals surface area contributed by atoms with Crippen LogP contribution in [-0.4, -0.2) is 37.2 Å². The van der Waals surface area contributed by atoms with E-state index in [0.717, 1.165) is 24.8 Å². The van der Waals surface area contributed by atoms with E-state index < -0.39 is 0 Å². The lowest BCUT2D eigenvalue weighted by atomic mass is 9.96. The summed E-state index contributed by atoms with van der Waals surface area (Å²) in [5.41, 5.74) is 1.63. The highest BCUT2D eigenvalue weighted by molar-refractivity contribution is 5.79. The van der Waals surface area contributed by atoms with Crippen LogP contribution in [0.25, 0.3) is 0 Å². The zero-order valence-electron chi connectivity index (χ0n) is 14.7. The molecule has 0 saturated heterocycles. The van der Waals surface area contributed by atoms with Crippen molar-refractivity contribution < 1.29 is 4.74 Å². The number of aliphatic imine (C=N–C) groups is 1. The Balaban J connectivity index is 1.49. The second-order valence-corrected chi connectivity index (χ2v) is 6.31. The Morgan fingerprint density at radius 1 is 1.16 bits per heavy atom. The molecular formula is C20H26N4O. The summed E-state index contributed by atoms with van der Waals surface area (Å²) in [5.74, 6) is 1.63. The lowest BCUT2D eigenvalue weighted by Crippen LogP contribution is -2.39. The van der Waals surface area contributed by atoms with Crippen molar-refractivity contribution in [1.29, 1.82) is 0 Å². The van der Waals surface area contributed by atoms with Crippen LogP contribution in [0.2, 0.25) is 0 Å². The molecule has 0 radical (unpaired) electrons. The summed E-state index contributed by atoms with van der Waals surface area (Å²) in [5, 5.41) is 6.64. The van der Waals surface area contributed by atoms with Crippen molar-refractivity contribution >= 4 is 5.96 Å². The van der Waals surface area contributed by atoms with Gasteiger partial charge in [0.1, 0.15) is 12.4 Å². The van der Waals surface area contributed by atoms with Crippen molar-refractivity contribution in [3.05, 3.63) is 60.4 Å². The average Bonchev–Trinajstić information content (AvgIpc) is 3.46. The van der Waals surface area contributed by atoms with Gasteiger partial charge in [0.15, 0.2) is 5.96 Å². The predicted octanol–water partition coefficient (Wildman–Crippen LogP) is 2.75. The van der Waals surface area contributed by atoms with Gasteiger partial charge in [-0.25, -0.2) is 0 Å². The monoisotopic (exact) mass is 338 g/mol. The lowest BCUT2D eigenvalue weighted by molar-refractivity contribution is 0.320. The molecule has 1 aromatic carbocycles. The molecule has 5 heteroatoms. The number of benzene rings is 1. The van der Waals surface area contributed by atoms with Crippen LogP contribution in [0.15, 0.2) is 59.9 Å². The molecule has 25 heavy (non-hydrogen) atoms. The minimum Gasteiger partial charge on any atom is -0.490 e. The largest absolute Gasteiger partial charge is 0.490 e. The quantitative estimate of drug-likeness (QED) is 0.441. The standard InChI is InChI=1S/C20H26N4O/c1-2-22-19(23-13-14-25-18-9-6-12-21-15-18)24-16-20(10-11-20)17-7-4-3-5-8-17/h3-9,12,15H,2,10-11,13-14,16H2,1H3,(H2,22,23,24). The summed E-state index contributed by atoms with van der Waals surface area (Å²) >= 11 is 0. The molecule has 2 N–H and O–H groups in total. The molecule has 0 atom stereocenters. The Bertz CT molecular complexity index is 669. The van der Waals surface area contributed by atoms with E-state index in [-0.39, 0.29) is 5.41 Å². The van der Waals surface area contributed by atoms with Gasteiger partial charge in [0.05, 0.1) is 19.3 Å². The molecule has 0 amide bonds. The molecule has 1 aliphatic rings. The molecular weight excluding hydrogens is 312 g/mol. The van der Waals surface area contributed by atoms with Gasteiger partial charge in [0.25, 0.3) is 0 Å². The van der Waals surface area contributed by atoms with Crippen molar-refractivity contribution in [2.75, 3.05) is 26.2 Å². The molecule has 1 aliphatic carbocycles. The number of aromatic nitrogens is 1. The number of hydrogen-bond acceptors (Lipinski definition) is 3. The fourth-order valence-electron chi connectivity index (χ4n) is 2.82. The predicted molar refractivity (Wildman–Crippen MR) is 101 cm³/mol. The highest BCUT2D eigenvalue weighted by Crippen LogP contribution is 2.48. The van der Waals surface area contributed by atoms with Gasteiger partial charge in [-0.3, -0.25) is 9.98 Å². The minimum absolute atomic E-state index is 0.232. The van der Waals surface area contributed by atoms with E-state index in [9.17, 15) is 0 Å². The van der Waals surface area contributed by atoms with E-state index in [1.54, 1.807) is 12.4 Å². The van der Waals surface area contributed by atoms with Crippen LogP contribution in [0.1, 0.15) is 25.3 Å². The van der Waals surface area contributed by atoms with Gasteiger partial charge < -0.3 is 15.4 Å². The van der Waals surface area contributed by atoms with Crippen molar-refractivity contribution in [2.45, 2.75) is 25.2 Å². The zero-order valence-corrected chi connectivity index (χ0v) is 14.7.